The van der Waals surface area contributed by atoms with Crippen LogP contribution in [0.4, 0.5) is 5.69 Å². The molecule has 0 fully saturated rings. The molecule has 0 saturated carbocycles. The van der Waals surface area contributed by atoms with E-state index in [0.29, 0.717) is 11.4 Å². The zero-order valence-corrected chi connectivity index (χ0v) is 11.7. The number of hydrogen-bond acceptors (Lipinski definition) is 5. The minimum absolute atomic E-state index is 0.115. The third-order valence-electron chi connectivity index (χ3n) is 2.60. The minimum Gasteiger partial charge on any atom is -0.397 e. The van der Waals surface area contributed by atoms with Crippen LogP contribution in [-0.2, 0) is 11.8 Å². The van der Waals surface area contributed by atoms with Crippen molar-refractivity contribution in [2.45, 2.75) is 4.90 Å². The van der Waals surface area contributed by atoms with Gasteiger partial charge in [0.1, 0.15) is 5.69 Å². The molecule has 0 aliphatic carbocycles. The Labute approximate surface area is 120 Å². The molecule has 2 aromatic heterocycles. The van der Waals surface area contributed by atoms with Crippen LogP contribution in [-0.4, -0.2) is 27.1 Å². The van der Waals surface area contributed by atoms with Crippen molar-refractivity contribution in [3.8, 4) is 0 Å². The molecule has 0 saturated heterocycles. The summed E-state index contributed by atoms with van der Waals surface area (Å²) in [5, 5.41) is 2.34. The highest BCUT2D eigenvalue weighted by Crippen LogP contribution is 2.22. The molecule has 3 N–H and O–H groups in total. The lowest BCUT2D eigenvalue weighted by atomic mass is 10.4. The minimum atomic E-state index is -0.411. The summed E-state index contributed by atoms with van der Waals surface area (Å²) >= 11 is 1.26. The molecular weight excluding hydrogens is 276 g/mol. The van der Waals surface area contributed by atoms with E-state index in [1.807, 2.05) is 0 Å². The maximum absolute atomic E-state index is 11.8. The van der Waals surface area contributed by atoms with Crippen LogP contribution in [0.2, 0.25) is 0 Å². The fraction of sp³-hybridized carbons (Fsp3) is 0.154. The van der Waals surface area contributed by atoms with Gasteiger partial charge in [0, 0.05) is 24.3 Å². The molecule has 0 bridgehead atoms. The van der Waals surface area contributed by atoms with Crippen molar-refractivity contribution in [1.29, 1.82) is 0 Å². The number of anilines is 1. The highest BCUT2D eigenvalue weighted by molar-refractivity contribution is 8.00. The second kappa shape index (κ2) is 6.25. The van der Waals surface area contributed by atoms with Gasteiger partial charge in [-0.15, -0.1) is 11.8 Å². The molecule has 2 rings (SSSR count). The van der Waals surface area contributed by atoms with Crippen LogP contribution in [0.1, 0.15) is 10.5 Å². The number of nitrogens with zero attached hydrogens (tertiary/aromatic N) is 2. The van der Waals surface area contributed by atoms with Gasteiger partial charge in [-0.2, -0.15) is 0 Å². The molecule has 0 aliphatic heterocycles. The number of aromatic nitrogens is 2. The van der Waals surface area contributed by atoms with Gasteiger partial charge in [-0.3, -0.25) is 19.9 Å². The summed E-state index contributed by atoms with van der Waals surface area (Å²) in [6.45, 7) is 0. The van der Waals surface area contributed by atoms with Gasteiger partial charge >= 0.3 is 0 Å². The number of carbonyl (C=O) groups excluding carboxylic acids is 2. The van der Waals surface area contributed by atoms with Crippen LogP contribution in [0, 0.1) is 0 Å². The molecule has 7 heteroatoms. The molecule has 2 heterocycles. The molecule has 104 valence electrons. The molecule has 0 aliphatic rings. The van der Waals surface area contributed by atoms with Crippen molar-refractivity contribution in [3.05, 3.63) is 42.5 Å². The number of pyridine rings is 1. The number of hydrogen-bond donors (Lipinski definition) is 2. The van der Waals surface area contributed by atoms with Crippen LogP contribution in [0.15, 0.2) is 41.7 Å². The van der Waals surface area contributed by atoms with Crippen molar-refractivity contribution in [3.63, 3.8) is 0 Å². The van der Waals surface area contributed by atoms with Gasteiger partial charge in [0.25, 0.3) is 5.91 Å². The highest BCUT2D eigenvalue weighted by atomic mass is 32.2. The number of nitrogens with one attached hydrogen (secondary N) is 1. The van der Waals surface area contributed by atoms with E-state index in [-0.39, 0.29) is 11.7 Å². The predicted octanol–water partition coefficient (Wildman–Crippen LogP) is 1.05. The zero-order valence-electron chi connectivity index (χ0n) is 10.9. The third-order valence-corrected chi connectivity index (χ3v) is 3.69. The first-order valence-corrected chi connectivity index (χ1v) is 6.84. The summed E-state index contributed by atoms with van der Waals surface area (Å²) in [5.41, 5.74) is 6.67. The zero-order chi connectivity index (χ0) is 14.5. The first-order chi connectivity index (χ1) is 9.58. The second-order valence-electron chi connectivity index (χ2n) is 4.08. The Hall–Kier alpha value is -2.28. The SMILES string of the molecule is Cn1cccc1C(=O)NC(=O)CSc1ccncc1N. The van der Waals surface area contributed by atoms with E-state index in [4.69, 9.17) is 5.73 Å². The molecular formula is C13H14N4O2S. The Kier molecular flexibility index (Phi) is 4.41. The normalized spacial score (nSPS) is 10.2. The topological polar surface area (TPSA) is 90.0 Å². The number of nitrogen functional groups attached to an aromatic ring is 1. The summed E-state index contributed by atoms with van der Waals surface area (Å²) in [7, 11) is 1.74. The number of rotatable bonds is 4. The molecule has 2 amide bonds. The van der Waals surface area contributed by atoms with Crippen LogP contribution in [0.25, 0.3) is 0 Å². The Morgan fingerprint density at radius 2 is 2.25 bits per heavy atom. The highest BCUT2D eigenvalue weighted by Gasteiger charge is 2.13. The molecule has 2 aromatic rings. The molecule has 6 nitrogen and oxygen atoms in total. The Morgan fingerprint density at radius 3 is 2.90 bits per heavy atom. The quantitative estimate of drug-likeness (QED) is 0.821. The van der Waals surface area contributed by atoms with Gasteiger partial charge in [-0.1, -0.05) is 0 Å². The Bertz CT molecular complexity index is 639. The summed E-state index contributed by atoms with van der Waals surface area (Å²) in [6.07, 6.45) is 4.87. The lowest BCUT2D eigenvalue weighted by Crippen LogP contribution is -2.32. The fourth-order valence-electron chi connectivity index (χ4n) is 1.59. The van der Waals surface area contributed by atoms with Crippen LogP contribution in [0.3, 0.4) is 0 Å². The second-order valence-corrected chi connectivity index (χ2v) is 5.10. The van der Waals surface area contributed by atoms with Crippen molar-refractivity contribution < 1.29 is 9.59 Å². The number of nitrogens with two attached hydrogens (primary N) is 1. The van der Waals surface area contributed by atoms with Gasteiger partial charge in [0.15, 0.2) is 0 Å². The molecule has 0 unspecified atom stereocenters. The number of amides is 2. The lowest BCUT2D eigenvalue weighted by Gasteiger charge is -2.06. The van der Waals surface area contributed by atoms with Gasteiger partial charge in [-0.05, 0) is 18.2 Å². The molecule has 20 heavy (non-hydrogen) atoms. The number of thioether (sulfide) groups is 1. The van der Waals surface area contributed by atoms with Gasteiger partial charge in [0.05, 0.1) is 17.6 Å². The average Bonchev–Trinajstić information content (AvgIpc) is 2.84. The molecule has 0 radical (unpaired) electrons. The molecule has 0 atom stereocenters. The number of aryl methyl sites for hydroxylation is 1. The van der Waals surface area contributed by atoms with E-state index in [1.54, 1.807) is 42.2 Å². The summed E-state index contributed by atoms with van der Waals surface area (Å²) in [6, 6.07) is 5.12. The first kappa shape index (κ1) is 14.1. The molecule has 0 aromatic carbocycles. The van der Waals surface area contributed by atoms with Crippen molar-refractivity contribution >= 4 is 29.3 Å². The average molecular weight is 290 g/mol. The first-order valence-electron chi connectivity index (χ1n) is 5.85. The van der Waals surface area contributed by atoms with E-state index in [2.05, 4.69) is 10.3 Å². The van der Waals surface area contributed by atoms with E-state index >= 15 is 0 Å². The van der Waals surface area contributed by atoms with E-state index in [9.17, 15) is 9.59 Å². The van der Waals surface area contributed by atoms with E-state index in [1.165, 1.54) is 18.0 Å². The summed E-state index contributed by atoms with van der Waals surface area (Å²) in [4.78, 5) is 28.2. The molecule has 0 spiro atoms. The maximum Gasteiger partial charge on any atom is 0.274 e. The van der Waals surface area contributed by atoms with Gasteiger partial charge in [-0.25, -0.2) is 0 Å². The van der Waals surface area contributed by atoms with E-state index < -0.39 is 5.91 Å². The number of carbonyl (C=O) groups is 2. The number of imide groups is 1. The van der Waals surface area contributed by atoms with Crippen molar-refractivity contribution in [1.82, 2.24) is 14.9 Å². The maximum atomic E-state index is 11.8. The van der Waals surface area contributed by atoms with Crippen LogP contribution in [0.5, 0.6) is 0 Å². The lowest BCUT2D eigenvalue weighted by molar-refractivity contribution is -0.117. The summed E-state index contributed by atoms with van der Waals surface area (Å²) in [5.74, 6) is -0.659. The van der Waals surface area contributed by atoms with Crippen LogP contribution < -0.4 is 11.1 Å². The van der Waals surface area contributed by atoms with Crippen LogP contribution >= 0.6 is 11.8 Å². The Balaban J connectivity index is 1.89. The summed E-state index contributed by atoms with van der Waals surface area (Å²) < 4.78 is 1.65. The van der Waals surface area contributed by atoms with E-state index in [0.717, 1.165) is 4.90 Å². The fourth-order valence-corrected chi connectivity index (χ4v) is 2.33. The smallest absolute Gasteiger partial charge is 0.274 e. The van der Waals surface area contributed by atoms with Crippen molar-refractivity contribution in [2.75, 3.05) is 11.5 Å². The van der Waals surface area contributed by atoms with Gasteiger partial charge < -0.3 is 10.3 Å². The Morgan fingerprint density at radius 1 is 1.45 bits per heavy atom. The third kappa shape index (κ3) is 3.39. The monoisotopic (exact) mass is 290 g/mol. The standard InChI is InChI=1S/C13H14N4O2S/c1-17-6-2-3-10(17)13(19)16-12(18)8-20-11-4-5-15-7-9(11)14/h2-7H,8,14H2,1H3,(H,16,18,19). The largest absolute Gasteiger partial charge is 0.397 e. The predicted molar refractivity (Wildman–Crippen MR) is 77.3 cm³/mol. The van der Waals surface area contributed by atoms with Crippen molar-refractivity contribution in [2.24, 2.45) is 7.05 Å². The van der Waals surface area contributed by atoms with Gasteiger partial charge in [0.2, 0.25) is 5.91 Å².